The minimum absolute atomic E-state index is 0.139. The van der Waals surface area contributed by atoms with Gasteiger partial charge in [0, 0.05) is 12.1 Å². The summed E-state index contributed by atoms with van der Waals surface area (Å²) in [6.07, 6.45) is 5.23. The van der Waals surface area contributed by atoms with Crippen LogP contribution in [-0.4, -0.2) is 37.0 Å². The topological polar surface area (TPSA) is 40.0 Å². The van der Waals surface area contributed by atoms with Crippen LogP contribution in [0.25, 0.3) is 0 Å². The highest BCUT2D eigenvalue weighted by Gasteiger charge is 2.11. The van der Waals surface area contributed by atoms with E-state index in [2.05, 4.69) is 5.16 Å². The zero-order valence-electron chi connectivity index (χ0n) is 14.7. The maximum absolute atomic E-state index is 6.22. The van der Waals surface area contributed by atoms with Crippen LogP contribution in [0.2, 0.25) is 10.0 Å². The molecular weight excluding hydrogens is 452 g/mol. The summed E-state index contributed by atoms with van der Waals surface area (Å²) in [5.74, 6) is 3.23. The molecular formula is C18H21Cl4NO3S. The highest BCUT2D eigenvalue weighted by atomic mass is 35.5. The SMILES string of the molecule is ClC(Cl)=CCOc1cc(Cl)c(OCCCCON=C2CCSCC2)c(Cl)c1. The number of oxime groups is 1. The van der Waals surface area contributed by atoms with E-state index < -0.39 is 0 Å². The molecule has 0 saturated carbocycles. The first-order valence-corrected chi connectivity index (χ1v) is 11.2. The Morgan fingerprint density at radius 2 is 1.70 bits per heavy atom. The molecule has 1 aliphatic heterocycles. The fourth-order valence-corrected chi connectivity index (χ4v) is 3.90. The number of hydrogen-bond donors (Lipinski definition) is 0. The number of thioether (sulfide) groups is 1. The van der Waals surface area contributed by atoms with Crippen molar-refractivity contribution in [2.24, 2.45) is 5.16 Å². The van der Waals surface area contributed by atoms with E-state index in [-0.39, 0.29) is 11.1 Å². The second-order valence-corrected chi connectivity index (χ2v) is 8.73. The second-order valence-electron chi connectivity index (χ2n) is 5.68. The lowest BCUT2D eigenvalue weighted by molar-refractivity contribution is 0.134. The van der Waals surface area contributed by atoms with Gasteiger partial charge in [0.2, 0.25) is 0 Å². The van der Waals surface area contributed by atoms with Crippen LogP contribution in [0, 0.1) is 0 Å². The molecule has 0 unspecified atom stereocenters. The molecule has 1 fully saturated rings. The Morgan fingerprint density at radius 3 is 2.37 bits per heavy atom. The molecule has 0 atom stereocenters. The van der Waals surface area contributed by atoms with Crippen molar-refractivity contribution in [1.29, 1.82) is 0 Å². The van der Waals surface area contributed by atoms with Crippen molar-refractivity contribution in [2.75, 3.05) is 31.3 Å². The summed E-state index contributed by atoms with van der Waals surface area (Å²) in [4.78, 5) is 5.37. The van der Waals surface area contributed by atoms with Gasteiger partial charge in [-0.1, -0.05) is 51.6 Å². The first kappa shape index (κ1) is 22.8. The Kier molecular flexibility index (Phi) is 10.9. The van der Waals surface area contributed by atoms with Gasteiger partial charge in [0.25, 0.3) is 0 Å². The molecule has 0 radical (unpaired) electrons. The molecule has 0 N–H and O–H groups in total. The molecule has 0 spiro atoms. The van der Waals surface area contributed by atoms with Gasteiger partial charge in [-0.3, -0.25) is 0 Å². The van der Waals surface area contributed by atoms with Crippen LogP contribution in [0.1, 0.15) is 25.7 Å². The molecule has 1 aliphatic rings. The largest absolute Gasteiger partial charge is 0.490 e. The maximum atomic E-state index is 6.22. The molecule has 0 amide bonds. The van der Waals surface area contributed by atoms with Crippen molar-refractivity contribution in [2.45, 2.75) is 25.7 Å². The average molecular weight is 473 g/mol. The Balaban J connectivity index is 1.68. The summed E-state index contributed by atoms with van der Waals surface area (Å²) in [6, 6.07) is 3.28. The van der Waals surface area contributed by atoms with Gasteiger partial charge in [0.1, 0.15) is 23.5 Å². The summed E-state index contributed by atoms with van der Waals surface area (Å²) in [5, 5.41) is 4.97. The van der Waals surface area contributed by atoms with E-state index >= 15 is 0 Å². The molecule has 0 aromatic heterocycles. The van der Waals surface area contributed by atoms with Gasteiger partial charge in [-0.2, -0.15) is 11.8 Å². The van der Waals surface area contributed by atoms with E-state index in [1.165, 1.54) is 6.08 Å². The lowest BCUT2D eigenvalue weighted by Gasteiger charge is -2.12. The van der Waals surface area contributed by atoms with Crippen molar-refractivity contribution in [3.8, 4) is 11.5 Å². The van der Waals surface area contributed by atoms with Gasteiger partial charge in [-0.25, -0.2) is 0 Å². The number of nitrogens with zero attached hydrogens (tertiary/aromatic N) is 1. The lowest BCUT2D eigenvalue weighted by atomic mass is 10.2. The summed E-state index contributed by atoms with van der Waals surface area (Å²) in [7, 11) is 0. The van der Waals surface area contributed by atoms with Gasteiger partial charge in [-0.05, 0) is 43.3 Å². The standard InChI is InChI=1S/C18H21Cl4NO3S/c19-15-11-14(24-8-3-17(21)22)12-16(20)18(15)25-6-1-2-7-26-23-13-4-9-27-10-5-13/h3,11-12H,1-2,4-10H2. The van der Waals surface area contributed by atoms with Gasteiger partial charge >= 0.3 is 0 Å². The van der Waals surface area contributed by atoms with Crippen molar-refractivity contribution in [1.82, 2.24) is 0 Å². The number of ether oxygens (including phenoxy) is 2. The van der Waals surface area contributed by atoms with Gasteiger partial charge in [-0.15, -0.1) is 0 Å². The van der Waals surface area contributed by atoms with Crippen molar-refractivity contribution in [3.05, 3.63) is 32.7 Å². The third kappa shape index (κ3) is 9.05. The van der Waals surface area contributed by atoms with Crippen LogP contribution in [0.4, 0.5) is 0 Å². The van der Waals surface area contributed by atoms with Gasteiger partial charge < -0.3 is 14.3 Å². The predicted octanol–water partition coefficient (Wildman–Crippen LogP) is 6.75. The van der Waals surface area contributed by atoms with E-state index in [0.29, 0.717) is 34.8 Å². The van der Waals surface area contributed by atoms with Crippen LogP contribution >= 0.6 is 58.2 Å². The Hall–Kier alpha value is -0.460. The fourth-order valence-electron chi connectivity index (χ4n) is 2.24. The van der Waals surface area contributed by atoms with Gasteiger partial charge in [0.15, 0.2) is 5.75 Å². The molecule has 2 rings (SSSR count). The summed E-state index contributed by atoms with van der Waals surface area (Å²) in [6.45, 7) is 1.28. The van der Waals surface area contributed by atoms with Crippen LogP contribution in [0.5, 0.6) is 11.5 Å². The minimum Gasteiger partial charge on any atom is -0.490 e. The quantitative estimate of drug-likeness (QED) is 0.279. The highest BCUT2D eigenvalue weighted by molar-refractivity contribution is 7.99. The monoisotopic (exact) mass is 471 g/mol. The number of unbranched alkanes of at least 4 members (excludes halogenated alkanes) is 1. The summed E-state index contributed by atoms with van der Waals surface area (Å²) >= 11 is 25.5. The minimum atomic E-state index is 0.139. The Labute approximate surface area is 184 Å². The van der Waals surface area contributed by atoms with E-state index in [4.69, 9.17) is 60.7 Å². The fraction of sp³-hybridized carbons (Fsp3) is 0.500. The third-order valence-corrected chi connectivity index (χ3v) is 5.46. The predicted molar refractivity (Wildman–Crippen MR) is 116 cm³/mol. The molecule has 4 nitrogen and oxygen atoms in total. The summed E-state index contributed by atoms with van der Waals surface area (Å²) in [5.41, 5.74) is 1.16. The number of halogens is 4. The van der Waals surface area contributed by atoms with Crippen molar-refractivity contribution in [3.63, 3.8) is 0 Å². The molecule has 0 aliphatic carbocycles. The first-order valence-electron chi connectivity index (χ1n) is 8.57. The van der Waals surface area contributed by atoms with Gasteiger partial charge in [0.05, 0.1) is 22.4 Å². The van der Waals surface area contributed by atoms with E-state index in [1.54, 1.807) is 12.1 Å². The second kappa shape index (κ2) is 12.9. The smallest absolute Gasteiger partial charge is 0.156 e. The molecule has 1 aromatic rings. The van der Waals surface area contributed by atoms with E-state index in [0.717, 1.165) is 42.9 Å². The first-order chi connectivity index (χ1) is 13.1. The third-order valence-electron chi connectivity index (χ3n) is 3.60. The Bertz CT molecular complexity index is 635. The van der Waals surface area contributed by atoms with Crippen LogP contribution in [-0.2, 0) is 4.84 Å². The van der Waals surface area contributed by atoms with E-state index in [9.17, 15) is 0 Å². The zero-order chi connectivity index (χ0) is 19.5. The van der Waals surface area contributed by atoms with Crippen LogP contribution in [0.15, 0.2) is 27.9 Å². The highest BCUT2D eigenvalue weighted by Crippen LogP contribution is 2.37. The normalized spacial score (nSPS) is 13.9. The molecule has 150 valence electrons. The van der Waals surface area contributed by atoms with Crippen LogP contribution < -0.4 is 9.47 Å². The van der Waals surface area contributed by atoms with Crippen LogP contribution in [0.3, 0.4) is 0 Å². The molecule has 1 saturated heterocycles. The zero-order valence-corrected chi connectivity index (χ0v) is 18.5. The number of rotatable bonds is 10. The molecule has 27 heavy (non-hydrogen) atoms. The maximum Gasteiger partial charge on any atom is 0.156 e. The number of hydrogen-bond acceptors (Lipinski definition) is 5. The van der Waals surface area contributed by atoms with Crippen molar-refractivity contribution < 1.29 is 14.3 Å². The number of benzene rings is 1. The van der Waals surface area contributed by atoms with Crippen molar-refractivity contribution >= 4 is 63.9 Å². The molecule has 9 heteroatoms. The van der Waals surface area contributed by atoms with E-state index in [1.807, 2.05) is 11.8 Å². The molecule has 0 bridgehead atoms. The summed E-state index contributed by atoms with van der Waals surface area (Å²) < 4.78 is 11.3. The lowest BCUT2D eigenvalue weighted by Crippen LogP contribution is -2.09. The molecule has 1 aromatic carbocycles. The average Bonchev–Trinajstić information content (AvgIpc) is 2.63. The molecule has 1 heterocycles. The Morgan fingerprint density at radius 1 is 1.04 bits per heavy atom.